The second-order valence-corrected chi connectivity index (χ2v) is 7.76. The summed E-state index contributed by atoms with van der Waals surface area (Å²) in [7, 11) is 3.07. The maximum absolute atomic E-state index is 13.1. The number of aromatic nitrogens is 4. The van der Waals surface area contributed by atoms with Gasteiger partial charge in [-0.25, -0.2) is 0 Å². The van der Waals surface area contributed by atoms with Gasteiger partial charge in [-0.3, -0.25) is 4.79 Å². The van der Waals surface area contributed by atoms with E-state index in [0.717, 1.165) is 5.56 Å². The Morgan fingerprint density at radius 3 is 2.39 bits per heavy atom. The smallest absolute Gasteiger partial charge is 0.453 e. The molecule has 12 heteroatoms. The molecule has 2 aromatic heterocycles. The molecular formula is C21H23F3N6O3. The number of methoxy groups -OCH3 is 2. The molecule has 1 aliphatic rings. The normalized spacial score (nSPS) is 15.0. The zero-order valence-corrected chi connectivity index (χ0v) is 18.3. The monoisotopic (exact) mass is 464 g/mol. The van der Waals surface area contributed by atoms with Crippen LogP contribution in [0.3, 0.4) is 0 Å². The summed E-state index contributed by atoms with van der Waals surface area (Å²) in [5.74, 6) is -0.0552. The van der Waals surface area contributed by atoms with Gasteiger partial charge >= 0.3 is 6.18 Å². The van der Waals surface area contributed by atoms with E-state index in [1.54, 1.807) is 25.3 Å². The number of hydrogen-bond donors (Lipinski definition) is 1. The number of benzene rings is 1. The largest absolute Gasteiger partial charge is 0.493 e. The minimum absolute atomic E-state index is 0.0191. The Morgan fingerprint density at radius 2 is 1.76 bits per heavy atom. The Balaban J connectivity index is 1.43. The average molecular weight is 464 g/mol. The maximum atomic E-state index is 13.1. The van der Waals surface area contributed by atoms with Gasteiger partial charge in [0, 0.05) is 30.8 Å². The van der Waals surface area contributed by atoms with Crippen LogP contribution in [0.15, 0.2) is 24.3 Å². The molecule has 4 rings (SSSR count). The Hall–Kier alpha value is -3.57. The van der Waals surface area contributed by atoms with Gasteiger partial charge in [-0.15, -0.1) is 15.3 Å². The second-order valence-electron chi connectivity index (χ2n) is 7.76. The van der Waals surface area contributed by atoms with E-state index in [9.17, 15) is 18.0 Å². The number of nitrogens with one attached hydrogen (secondary N) is 1. The molecule has 9 nitrogen and oxygen atoms in total. The fourth-order valence-corrected chi connectivity index (χ4v) is 3.85. The van der Waals surface area contributed by atoms with Gasteiger partial charge in [0.05, 0.1) is 14.2 Å². The number of piperidine rings is 1. The van der Waals surface area contributed by atoms with Crippen LogP contribution in [0.25, 0.3) is 5.65 Å². The van der Waals surface area contributed by atoms with E-state index in [0.29, 0.717) is 53.5 Å². The summed E-state index contributed by atoms with van der Waals surface area (Å²) >= 11 is 0. The number of halogens is 3. The second kappa shape index (κ2) is 8.75. The molecule has 3 aromatic rings. The van der Waals surface area contributed by atoms with Gasteiger partial charge in [0.1, 0.15) is 5.82 Å². The third-order valence-electron chi connectivity index (χ3n) is 5.68. The Morgan fingerprint density at radius 1 is 1.09 bits per heavy atom. The topological polar surface area (TPSA) is 93.9 Å². The fraction of sp³-hybridized carbons (Fsp3) is 0.429. The Kier molecular flexibility index (Phi) is 6.00. The molecular weight excluding hydrogens is 441 g/mol. The van der Waals surface area contributed by atoms with Gasteiger partial charge in [-0.05, 0) is 43.5 Å². The van der Waals surface area contributed by atoms with Gasteiger partial charge in [0.2, 0.25) is 5.91 Å². The number of nitrogens with zero attached hydrogens (tertiary/aromatic N) is 5. The van der Waals surface area contributed by atoms with Crippen LogP contribution >= 0.6 is 0 Å². The first-order chi connectivity index (χ1) is 15.7. The molecule has 1 fully saturated rings. The molecule has 1 amide bonds. The predicted molar refractivity (Wildman–Crippen MR) is 114 cm³/mol. The number of rotatable bonds is 5. The summed E-state index contributed by atoms with van der Waals surface area (Å²) in [6.45, 7) is 2.82. The van der Waals surface area contributed by atoms with Crippen molar-refractivity contribution in [2.45, 2.75) is 25.9 Å². The van der Waals surface area contributed by atoms with E-state index in [2.05, 4.69) is 20.6 Å². The van der Waals surface area contributed by atoms with Gasteiger partial charge in [-0.1, -0.05) is 0 Å². The molecule has 0 unspecified atom stereocenters. The van der Waals surface area contributed by atoms with Crippen LogP contribution in [0, 0.1) is 12.8 Å². The van der Waals surface area contributed by atoms with Crippen molar-refractivity contribution in [2.75, 3.05) is 37.5 Å². The number of carbonyl (C=O) groups is 1. The Labute approximate surface area is 187 Å². The fourth-order valence-electron chi connectivity index (χ4n) is 3.85. The SMILES string of the molecule is COc1cc(C)c(NC(=O)C2CCN(c3ccc4nnc(C(F)(F)F)n4n3)CC2)cc1OC. The molecule has 1 N–H and O–H groups in total. The molecule has 0 spiro atoms. The van der Waals surface area contributed by atoms with Crippen molar-refractivity contribution >= 4 is 23.1 Å². The van der Waals surface area contributed by atoms with Crippen molar-refractivity contribution in [3.63, 3.8) is 0 Å². The maximum Gasteiger partial charge on any atom is 0.453 e. The quantitative estimate of drug-likeness (QED) is 0.619. The number of aryl methyl sites for hydroxylation is 1. The number of anilines is 2. The average Bonchev–Trinajstić information content (AvgIpc) is 3.24. The summed E-state index contributed by atoms with van der Waals surface area (Å²) in [5, 5.41) is 13.7. The van der Waals surface area contributed by atoms with Gasteiger partial charge in [0.15, 0.2) is 17.1 Å². The highest BCUT2D eigenvalue weighted by Gasteiger charge is 2.38. The lowest BCUT2D eigenvalue weighted by Gasteiger charge is -2.32. The van der Waals surface area contributed by atoms with Crippen LogP contribution in [0.1, 0.15) is 24.2 Å². The van der Waals surface area contributed by atoms with Crippen molar-refractivity contribution in [2.24, 2.45) is 5.92 Å². The molecule has 0 radical (unpaired) electrons. The highest BCUT2D eigenvalue weighted by molar-refractivity contribution is 5.93. The first kappa shape index (κ1) is 22.6. The third kappa shape index (κ3) is 4.50. The minimum atomic E-state index is -4.65. The zero-order chi connectivity index (χ0) is 23.8. The molecule has 1 aromatic carbocycles. The van der Waals surface area contributed by atoms with Crippen LogP contribution in [0.4, 0.5) is 24.7 Å². The molecule has 0 saturated carbocycles. The van der Waals surface area contributed by atoms with E-state index >= 15 is 0 Å². The number of hydrogen-bond acceptors (Lipinski definition) is 7. The lowest BCUT2D eigenvalue weighted by atomic mass is 9.95. The van der Waals surface area contributed by atoms with Crippen molar-refractivity contribution in [1.29, 1.82) is 0 Å². The van der Waals surface area contributed by atoms with E-state index in [1.807, 2.05) is 11.8 Å². The minimum Gasteiger partial charge on any atom is -0.493 e. The third-order valence-corrected chi connectivity index (χ3v) is 5.68. The summed E-state index contributed by atoms with van der Waals surface area (Å²) in [5.41, 5.74) is 1.50. The lowest BCUT2D eigenvalue weighted by Crippen LogP contribution is -2.38. The summed E-state index contributed by atoms with van der Waals surface area (Å²) in [6, 6.07) is 6.57. The van der Waals surface area contributed by atoms with Crippen molar-refractivity contribution in [3.05, 3.63) is 35.7 Å². The first-order valence-corrected chi connectivity index (χ1v) is 10.3. The van der Waals surface area contributed by atoms with Crippen molar-refractivity contribution < 1.29 is 27.4 Å². The molecule has 33 heavy (non-hydrogen) atoms. The van der Waals surface area contributed by atoms with E-state index in [1.165, 1.54) is 13.2 Å². The van der Waals surface area contributed by atoms with Crippen LogP contribution in [-0.4, -0.2) is 53.0 Å². The van der Waals surface area contributed by atoms with E-state index < -0.39 is 12.0 Å². The molecule has 176 valence electrons. The van der Waals surface area contributed by atoms with E-state index in [-0.39, 0.29) is 17.5 Å². The molecule has 0 aliphatic carbocycles. The number of carbonyl (C=O) groups excluding carboxylic acids is 1. The lowest BCUT2D eigenvalue weighted by molar-refractivity contribution is -0.146. The Bertz CT molecular complexity index is 1170. The summed E-state index contributed by atoms with van der Waals surface area (Å²) < 4.78 is 50.7. The van der Waals surface area contributed by atoms with Crippen LogP contribution in [-0.2, 0) is 11.0 Å². The van der Waals surface area contributed by atoms with Crippen LogP contribution < -0.4 is 19.7 Å². The standard InChI is InChI=1S/C21H23F3N6O3/c1-12-10-15(32-2)16(33-3)11-14(12)25-19(31)13-6-8-29(9-7-13)18-5-4-17-26-27-20(21(22,23)24)30(17)28-18/h4-5,10-11,13H,6-9H2,1-3H3,(H,25,31). The number of alkyl halides is 3. The van der Waals surface area contributed by atoms with Crippen LogP contribution in [0.2, 0.25) is 0 Å². The predicted octanol–water partition coefficient (Wildman–Crippen LogP) is 3.32. The summed E-state index contributed by atoms with van der Waals surface area (Å²) in [6.07, 6.45) is -3.59. The highest BCUT2D eigenvalue weighted by Crippen LogP contribution is 2.34. The summed E-state index contributed by atoms with van der Waals surface area (Å²) in [4.78, 5) is 14.7. The first-order valence-electron chi connectivity index (χ1n) is 10.3. The van der Waals surface area contributed by atoms with E-state index in [4.69, 9.17) is 9.47 Å². The molecule has 0 bridgehead atoms. The number of ether oxygens (including phenoxy) is 2. The van der Waals surface area contributed by atoms with Crippen LogP contribution in [0.5, 0.6) is 11.5 Å². The zero-order valence-electron chi connectivity index (χ0n) is 18.3. The number of amides is 1. The van der Waals surface area contributed by atoms with Crippen molar-refractivity contribution in [3.8, 4) is 11.5 Å². The molecule has 0 atom stereocenters. The van der Waals surface area contributed by atoms with Gasteiger partial charge in [0.25, 0.3) is 5.82 Å². The molecule has 1 saturated heterocycles. The van der Waals surface area contributed by atoms with Crippen molar-refractivity contribution in [1.82, 2.24) is 19.8 Å². The highest BCUT2D eigenvalue weighted by atomic mass is 19.4. The number of fused-ring (bicyclic) bond motifs is 1. The van der Waals surface area contributed by atoms with Gasteiger partial charge < -0.3 is 19.7 Å². The molecule has 1 aliphatic heterocycles. The molecule has 3 heterocycles. The van der Waals surface area contributed by atoms with Gasteiger partial charge in [-0.2, -0.15) is 17.7 Å².